The third-order valence-corrected chi connectivity index (χ3v) is 4.08. The maximum absolute atomic E-state index is 11.1. The largest absolute Gasteiger partial charge is 0.476 e. The molecular weight excluding hydrogens is 318 g/mol. The number of aromatic carboxylic acids is 1. The van der Waals surface area contributed by atoms with E-state index < -0.39 is 5.97 Å². The average Bonchev–Trinajstić information content (AvgIpc) is 3.20. The summed E-state index contributed by atoms with van der Waals surface area (Å²) in [6.45, 7) is 2.30. The lowest BCUT2D eigenvalue weighted by Crippen LogP contribution is -1.98. The first kappa shape index (κ1) is 15.1. The number of carbonyl (C=O) groups is 1. The Balaban J connectivity index is 1.60. The van der Waals surface area contributed by atoms with E-state index in [1.807, 2.05) is 54.9 Å². The lowest BCUT2D eigenvalue weighted by Gasteiger charge is -2.05. The fourth-order valence-electron chi connectivity index (χ4n) is 2.80. The quantitative estimate of drug-likeness (QED) is 0.615. The van der Waals surface area contributed by atoms with Gasteiger partial charge in [-0.05, 0) is 36.8 Å². The van der Waals surface area contributed by atoms with Crippen LogP contribution in [0.2, 0.25) is 0 Å². The third kappa shape index (κ3) is 2.78. The highest BCUT2D eigenvalue weighted by Crippen LogP contribution is 2.23. The Morgan fingerprint density at radius 3 is 2.64 bits per heavy atom. The van der Waals surface area contributed by atoms with Crippen molar-refractivity contribution in [3.63, 3.8) is 0 Å². The number of oxazole rings is 1. The molecule has 0 atom stereocenters. The maximum atomic E-state index is 11.1. The van der Waals surface area contributed by atoms with Crippen molar-refractivity contribution in [3.05, 3.63) is 71.9 Å². The summed E-state index contributed by atoms with van der Waals surface area (Å²) in [5.41, 5.74) is 3.85. The van der Waals surface area contributed by atoms with Crippen LogP contribution in [0.5, 0.6) is 0 Å². The SMILES string of the molecule is Cc1oc(-c2ccc(Cn3cnc4ccccc43)cc2)nc1C(=O)O. The van der Waals surface area contributed by atoms with Gasteiger partial charge in [-0.3, -0.25) is 0 Å². The van der Waals surface area contributed by atoms with Gasteiger partial charge in [-0.2, -0.15) is 0 Å². The van der Waals surface area contributed by atoms with Crippen molar-refractivity contribution in [2.24, 2.45) is 0 Å². The molecule has 0 saturated carbocycles. The highest BCUT2D eigenvalue weighted by molar-refractivity contribution is 5.87. The van der Waals surface area contributed by atoms with Gasteiger partial charge in [0.25, 0.3) is 0 Å². The molecule has 4 aromatic rings. The van der Waals surface area contributed by atoms with Gasteiger partial charge < -0.3 is 14.1 Å². The normalized spacial score (nSPS) is 11.1. The molecule has 0 unspecified atom stereocenters. The fourth-order valence-corrected chi connectivity index (χ4v) is 2.80. The molecule has 0 aliphatic carbocycles. The number of para-hydroxylation sites is 2. The Bertz CT molecular complexity index is 1060. The van der Waals surface area contributed by atoms with E-state index in [0.717, 1.165) is 22.2 Å². The van der Waals surface area contributed by atoms with E-state index in [1.54, 1.807) is 6.92 Å². The van der Waals surface area contributed by atoms with Gasteiger partial charge in [-0.15, -0.1) is 0 Å². The summed E-state index contributed by atoms with van der Waals surface area (Å²) in [5.74, 6) is -0.470. The monoisotopic (exact) mass is 333 g/mol. The zero-order valence-electron chi connectivity index (χ0n) is 13.5. The summed E-state index contributed by atoms with van der Waals surface area (Å²) in [6.07, 6.45) is 1.83. The number of fused-ring (bicyclic) bond motifs is 1. The Labute approximate surface area is 143 Å². The van der Waals surface area contributed by atoms with Crippen LogP contribution in [0, 0.1) is 6.92 Å². The predicted octanol–water partition coefficient (Wildman–Crippen LogP) is 3.75. The molecule has 1 N–H and O–H groups in total. The molecule has 2 aromatic carbocycles. The fraction of sp³-hybridized carbons (Fsp3) is 0.105. The first-order chi connectivity index (χ1) is 12.1. The molecule has 124 valence electrons. The van der Waals surface area contributed by atoms with Gasteiger partial charge in [-0.25, -0.2) is 14.8 Å². The number of aromatic nitrogens is 3. The number of rotatable bonds is 4. The first-order valence-corrected chi connectivity index (χ1v) is 7.82. The molecule has 0 radical (unpaired) electrons. The van der Waals surface area contributed by atoms with Crippen LogP contribution in [0.25, 0.3) is 22.5 Å². The van der Waals surface area contributed by atoms with Crippen LogP contribution < -0.4 is 0 Å². The van der Waals surface area contributed by atoms with E-state index in [0.29, 0.717) is 18.2 Å². The topological polar surface area (TPSA) is 81.2 Å². The van der Waals surface area contributed by atoms with E-state index in [4.69, 9.17) is 9.52 Å². The molecule has 2 heterocycles. The summed E-state index contributed by atoms with van der Waals surface area (Å²) < 4.78 is 7.54. The second kappa shape index (κ2) is 5.90. The number of imidazole rings is 1. The van der Waals surface area contributed by atoms with Gasteiger partial charge in [0.2, 0.25) is 5.89 Å². The van der Waals surface area contributed by atoms with Crippen LogP contribution in [0.4, 0.5) is 0 Å². The smallest absolute Gasteiger partial charge is 0.358 e. The first-order valence-electron chi connectivity index (χ1n) is 7.82. The third-order valence-electron chi connectivity index (χ3n) is 4.08. The zero-order valence-corrected chi connectivity index (χ0v) is 13.5. The summed E-state index contributed by atoms with van der Waals surface area (Å²) in [5, 5.41) is 9.07. The van der Waals surface area contributed by atoms with Crippen molar-refractivity contribution in [2.45, 2.75) is 13.5 Å². The molecule has 0 amide bonds. The molecule has 0 bridgehead atoms. The minimum Gasteiger partial charge on any atom is -0.476 e. The lowest BCUT2D eigenvalue weighted by atomic mass is 10.1. The highest BCUT2D eigenvalue weighted by Gasteiger charge is 2.16. The Morgan fingerprint density at radius 1 is 1.16 bits per heavy atom. The highest BCUT2D eigenvalue weighted by atomic mass is 16.4. The van der Waals surface area contributed by atoms with Crippen LogP contribution in [-0.2, 0) is 6.54 Å². The van der Waals surface area contributed by atoms with Gasteiger partial charge in [0.05, 0.1) is 17.4 Å². The van der Waals surface area contributed by atoms with Gasteiger partial charge in [0, 0.05) is 12.1 Å². The predicted molar refractivity (Wildman–Crippen MR) is 92.5 cm³/mol. The lowest BCUT2D eigenvalue weighted by molar-refractivity contribution is 0.0689. The molecule has 0 saturated heterocycles. The second-order valence-electron chi connectivity index (χ2n) is 5.79. The minimum atomic E-state index is -1.09. The van der Waals surface area contributed by atoms with Crippen molar-refractivity contribution < 1.29 is 14.3 Å². The number of benzene rings is 2. The van der Waals surface area contributed by atoms with Crippen LogP contribution in [0.15, 0.2) is 59.3 Å². The van der Waals surface area contributed by atoms with E-state index in [1.165, 1.54) is 0 Å². The van der Waals surface area contributed by atoms with E-state index in [-0.39, 0.29) is 5.69 Å². The van der Waals surface area contributed by atoms with Gasteiger partial charge in [0.15, 0.2) is 5.69 Å². The Morgan fingerprint density at radius 2 is 1.92 bits per heavy atom. The molecule has 0 fully saturated rings. The molecule has 2 aromatic heterocycles. The molecule has 0 aliphatic heterocycles. The molecule has 6 nitrogen and oxygen atoms in total. The van der Waals surface area contributed by atoms with E-state index >= 15 is 0 Å². The maximum Gasteiger partial charge on any atom is 0.358 e. The summed E-state index contributed by atoms with van der Waals surface area (Å²) in [4.78, 5) is 19.5. The average molecular weight is 333 g/mol. The number of nitrogens with zero attached hydrogens (tertiary/aromatic N) is 3. The van der Waals surface area contributed by atoms with E-state index in [9.17, 15) is 4.79 Å². The number of hydrogen-bond donors (Lipinski definition) is 1. The minimum absolute atomic E-state index is 0.0519. The van der Waals surface area contributed by atoms with Gasteiger partial charge >= 0.3 is 5.97 Å². The summed E-state index contributed by atoms with van der Waals surface area (Å²) >= 11 is 0. The number of carboxylic acids is 1. The molecular formula is C19H15N3O3. The zero-order chi connectivity index (χ0) is 17.4. The van der Waals surface area contributed by atoms with Crippen molar-refractivity contribution >= 4 is 17.0 Å². The van der Waals surface area contributed by atoms with Gasteiger partial charge in [0.1, 0.15) is 5.76 Å². The number of hydrogen-bond acceptors (Lipinski definition) is 4. The number of carboxylic acid groups (broad SMARTS) is 1. The van der Waals surface area contributed by atoms with E-state index in [2.05, 4.69) is 14.5 Å². The van der Waals surface area contributed by atoms with Crippen LogP contribution in [0.3, 0.4) is 0 Å². The summed E-state index contributed by atoms with van der Waals surface area (Å²) in [7, 11) is 0. The molecule has 4 rings (SSSR count). The van der Waals surface area contributed by atoms with Crippen molar-refractivity contribution in [1.29, 1.82) is 0 Å². The molecule has 25 heavy (non-hydrogen) atoms. The van der Waals surface area contributed by atoms with Crippen LogP contribution in [0.1, 0.15) is 21.8 Å². The Hall–Kier alpha value is -3.41. The molecule has 0 spiro atoms. The van der Waals surface area contributed by atoms with Gasteiger partial charge in [-0.1, -0.05) is 24.3 Å². The summed E-state index contributed by atoms with van der Waals surface area (Å²) in [6, 6.07) is 15.7. The standard InChI is InChI=1S/C19H15N3O3/c1-12-17(19(23)24)21-18(25-12)14-8-6-13(7-9-14)10-22-11-20-15-4-2-3-5-16(15)22/h2-9,11H,10H2,1H3,(H,23,24). The van der Waals surface area contributed by atoms with Crippen LogP contribution in [-0.4, -0.2) is 25.6 Å². The second-order valence-corrected chi connectivity index (χ2v) is 5.79. The Kier molecular flexibility index (Phi) is 3.57. The number of aryl methyl sites for hydroxylation is 1. The molecule has 6 heteroatoms. The molecule has 0 aliphatic rings. The van der Waals surface area contributed by atoms with Crippen LogP contribution >= 0.6 is 0 Å². The van der Waals surface area contributed by atoms with Crippen molar-refractivity contribution in [2.75, 3.05) is 0 Å². The van der Waals surface area contributed by atoms with Crippen molar-refractivity contribution in [3.8, 4) is 11.5 Å². The van der Waals surface area contributed by atoms with Crippen molar-refractivity contribution in [1.82, 2.24) is 14.5 Å².